The highest BCUT2D eigenvalue weighted by Crippen LogP contribution is 2.37. The summed E-state index contributed by atoms with van der Waals surface area (Å²) in [6, 6.07) is 0. The molecule has 0 bridgehead atoms. The van der Waals surface area contributed by atoms with Crippen molar-refractivity contribution in [2.45, 2.75) is 30.4 Å². The van der Waals surface area contributed by atoms with Crippen molar-refractivity contribution in [3.05, 3.63) is 0 Å². The van der Waals surface area contributed by atoms with Crippen molar-refractivity contribution >= 4 is 21.7 Å². The smallest absolute Gasteiger partial charge is 0.323 e. The van der Waals surface area contributed by atoms with Gasteiger partial charge in [0.1, 0.15) is 6.54 Å². The van der Waals surface area contributed by atoms with Crippen LogP contribution in [0, 0.1) is 0 Å². The lowest BCUT2D eigenvalue weighted by molar-refractivity contribution is -0.144. The van der Waals surface area contributed by atoms with Gasteiger partial charge in [-0.05, 0) is 12.8 Å². The summed E-state index contributed by atoms with van der Waals surface area (Å²) in [4.78, 5) is 23.7. The zero-order valence-corrected chi connectivity index (χ0v) is 10.8. The fourth-order valence-electron chi connectivity index (χ4n) is 2.31. The van der Waals surface area contributed by atoms with Crippen LogP contribution in [0.4, 0.5) is 0 Å². The molecule has 0 aromatic rings. The molecular weight excluding hydrogens is 246 g/mol. The number of carbonyl (C=O) groups is 2. The van der Waals surface area contributed by atoms with Crippen LogP contribution in [0.15, 0.2) is 0 Å². The van der Waals surface area contributed by atoms with E-state index in [1.807, 2.05) is 0 Å². The summed E-state index contributed by atoms with van der Waals surface area (Å²) in [5.74, 6) is -1.75. The normalized spacial score (nSPS) is 18.9. The van der Waals surface area contributed by atoms with Crippen LogP contribution >= 0.6 is 0 Å². The van der Waals surface area contributed by atoms with E-state index in [1.165, 1.54) is 7.05 Å². The maximum atomic E-state index is 12.1. The van der Waals surface area contributed by atoms with Gasteiger partial charge >= 0.3 is 5.97 Å². The van der Waals surface area contributed by atoms with Gasteiger partial charge < -0.3 is 10.0 Å². The van der Waals surface area contributed by atoms with Gasteiger partial charge in [-0.25, -0.2) is 8.42 Å². The molecule has 1 saturated carbocycles. The van der Waals surface area contributed by atoms with E-state index in [-0.39, 0.29) is 12.8 Å². The number of nitrogens with zero attached hydrogens (tertiary/aromatic N) is 1. The third-order valence-electron chi connectivity index (χ3n) is 3.23. The second-order valence-corrected chi connectivity index (χ2v) is 6.85. The maximum absolute atomic E-state index is 12.1. The highest BCUT2D eigenvalue weighted by atomic mass is 32.2. The molecule has 1 aliphatic carbocycles. The highest BCUT2D eigenvalue weighted by Gasteiger charge is 2.51. The summed E-state index contributed by atoms with van der Waals surface area (Å²) in [6.07, 6.45) is 2.98. The fourth-order valence-corrected chi connectivity index (χ4v) is 3.82. The molecule has 0 aliphatic heterocycles. The molecule has 17 heavy (non-hydrogen) atoms. The minimum atomic E-state index is -3.53. The van der Waals surface area contributed by atoms with E-state index in [9.17, 15) is 18.0 Å². The Labute approximate surface area is 101 Å². The molecule has 0 atom stereocenters. The monoisotopic (exact) mass is 263 g/mol. The predicted octanol–water partition coefficient (Wildman–Crippen LogP) is -0.113. The largest absolute Gasteiger partial charge is 0.480 e. The number of sulfone groups is 1. The topological polar surface area (TPSA) is 91.8 Å². The summed E-state index contributed by atoms with van der Waals surface area (Å²) in [6.45, 7) is -0.476. The first-order valence-electron chi connectivity index (χ1n) is 5.38. The molecule has 1 aliphatic rings. The van der Waals surface area contributed by atoms with Crippen LogP contribution in [0.25, 0.3) is 0 Å². The standard InChI is InChI=1S/C10H17NO5S/c1-11(7-8(12)13)9(14)10(17(2,15)16)5-3-4-6-10/h3-7H2,1-2H3,(H,12,13). The van der Waals surface area contributed by atoms with Gasteiger partial charge in [0, 0.05) is 13.3 Å². The van der Waals surface area contributed by atoms with Crippen molar-refractivity contribution < 1.29 is 23.1 Å². The van der Waals surface area contributed by atoms with E-state index >= 15 is 0 Å². The van der Waals surface area contributed by atoms with E-state index in [4.69, 9.17) is 5.11 Å². The van der Waals surface area contributed by atoms with Gasteiger partial charge in [-0.3, -0.25) is 9.59 Å². The summed E-state index contributed by atoms with van der Waals surface area (Å²) in [5, 5.41) is 8.62. The lowest BCUT2D eigenvalue weighted by atomic mass is 10.1. The molecule has 0 heterocycles. The molecule has 1 amide bonds. The lowest BCUT2D eigenvalue weighted by Crippen LogP contribution is -2.51. The highest BCUT2D eigenvalue weighted by molar-refractivity contribution is 7.92. The van der Waals surface area contributed by atoms with Crippen LogP contribution < -0.4 is 0 Å². The first kappa shape index (κ1) is 14.0. The zero-order chi connectivity index (χ0) is 13.3. The Morgan fingerprint density at radius 2 is 1.76 bits per heavy atom. The van der Waals surface area contributed by atoms with Crippen LogP contribution in [0.3, 0.4) is 0 Å². The minimum Gasteiger partial charge on any atom is -0.480 e. The van der Waals surface area contributed by atoms with Crippen molar-refractivity contribution in [1.29, 1.82) is 0 Å². The number of aliphatic carboxylic acids is 1. The van der Waals surface area contributed by atoms with Gasteiger partial charge in [0.25, 0.3) is 0 Å². The van der Waals surface area contributed by atoms with Crippen molar-refractivity contribution in [2.75, 3.05) is 19.8 Å². The summed E-state index contributed by atoms with van der Waals surface area (Å²) in [5.41, 5.74) is 0. The van der Waals surface area contributed by atoms with Gasteiger partial charge in [-0.15, -0.1) is 0 Å². The second-order valence-electron chi connectivity index (χ2n) is 4.53. The molecule has 98 valence electrons. The molecular formula is C10H17NO5S. The first-order chi connectivity index (χ1) is 7.71. The zero-order valence-electron chi connectivity index (χ0n) is 9.97. The number of carbonyl (C=O) groups excluding carboxylic acids is 1. The molecule has 0 spiro atoms. The summed E-state index contributed by atoms with van der Waals surface area (Å²) < 4.78 is 22.2. The molecule has 0 saturated heterocycles. The average molecular weight is 263 g/mol. The number of likely N-dealkylation sites (N-methyl/N-ethyl adjacent to an activating group) is 1. The van der Waals surface area contributed by atoms with E-state index in [2.05, 4.69) is 0 Å². The number of hydrogen-bond acceptors (Lipinski definition) is 4. The van der Waals surface area contributed by atoms with Crippen molar-refractivity contribution in [2.24, 2.45) is 0 Å². The van der Waals surface area contributed by atoms with Gasteiger partial charge in [-0.1, -0.05) is 12.8 Å². The molecule has 0 aromatic carbocycles. The Hall–Kier alpha value is -1.11. The summed E-state index contributed by atoms with van der Waals surface area (Å²) in [7, 11) is -2.21. The lowest BCUT2D eigenvalue weighted by Gasteiger charge is -2.29. The fraction of sp³-hybridized carbons (Fsp3) is 0.800. The number of rotatable bonds is 4. The summed E-state index contributed by atoms with van der Waals surface area (Å²) >= 11 is 0. The van der Waals surface area contributed by atoms with E-state index in [1.54, 1.807) is 0 Å². The molecule has 1 N–H and O–H groups in total. The van der Waals surface area contributed by atoms with Crippen LogP contribution in [0.5, 0.6) is 0 Å². The number of carboxylic acids is 1. The third kappa shape index (κ3) is 2.59. The Kier molecular flexibility index (Phi) is 3.81. The Morgan fingerprint density at radius 3 is 2.12 bits per heavy atom. The molecule has 6 nitrogen and oxygen atoms in total. The number of amides is 1. The minimum absolute atomic E-state index is 0.286. The molecule has 1 fully saturated rings. The van der Waals surface area contributed by atoms with Crippen LogP contribution in [0.1, 0.15) is 25.7 Å². The SMILES string of the molecule is CN(CC(=O)O)C(=O)C1(S(C)(=O)=O)CCCC1. The van der Waals surface area contributed by atoms with E-state index in [0.29, 0.717) is 12.8 Å². The van der Waals surface area contributed by atoms with Gasteiger partial charge in [0.2, 0.25) is 5.91 Å². The number of hydrogen-bond donors (Lipinski definition) is 1. The van der Waals surface area contributed by atoms with Crippen LogP contribution in [-0.4, -0.2) is 54.9 Å². The third-order valence-corrected chi connectivity index (χ3v) is 5.23. The Balaban J connectivity index is 3.01. The van der Waals surface area contributed by atoms with E-state index in [0.717, 1.165) is 11.2 Å². The van der Waals surface area contributed by atoms with Crippen LogP contribution in [0.2, 0.25) is 0 Å². The maximum Gasteiger partial charge on any atom is 0.323 e. The average Bonchev–Trinajstić information content (AvgIpc) is 2.63. The van der Waals surface area contributed by atoms with Crippen molar-refractivity contribution in [3.8, 4) is 0 Å². The van der Waals surface area contributed by atoms with Gasteiger partial charge in [0.05, 0.1) is 0 Å². The Bertz CT molecular complexity index is 422. The van der Waals surface area contributed by atoms with Crippen molar-refractivity contribution in [3.63, 3.8) is 0 Å². The molecule has 0 unspecified atom stereocenters. The second kappa shape index (κ2) is 4.64. The van der Waals surface area contributed by atoms with Gasteiger partial charge in [0.15, 0.2) is 14.6 Å². The Morgan fingerprint density at radius 1 is 1.29 bits per heavy atom. The molecule has 0 aromatic heterocycles. The van der Waals surface area contributed by atoms with E-state index < -0.39 is 33.0 Å². The number of carboxylic acid groups (broad SMARTS) is 1. The molecule has 1 rings (SSSR count). The van der Waals surface area contributed by atoms with Crippen LogP contribution in [-0.2, 0) is 19.4 Å². The van der Waals surface area contributed by atoms with Crippen molar-refractivity contribution in [1.82, 2.24) is 4.90 Å². The first-order valence-corrected chi connectivity index (χ1v) is 7.27. The van der Waals surface area contributed by atoms with Gasteiger partial charge in [-0.2, -0.15) is 0 Å². The quantitative estimate of drug-likeness (QED) is 0.764. The predicted molar refractivity (Wildman–Crippen MR) is 61.3 cm³/mol. The molecule has 0 radical (unpaired) electrons. The molecule has 7 heteroatoms.